The van der Waals surface area contributed by atoms with Gasteiger partial charge < -0.3 is 9.84 Å². The summed E-state index contributed by atoms with van der Waals surface area (Å²) in [5.41, 5.74) is 3.11. The fourth-order valence-electron chi connectivity index (χ4n) is 3.13. The van der Waals surface area contributed by atoms with Crippen molar-refractivity contribution in [2.24, 2.45) is 0 Å². The molecule has 31 heavy (non-hydrogen) atoms. The predicted molar refractivity (Wildman–Crippen MR) is 128 cm³/mol. The van der Waals surface area contributed by atoms with E-state index in [0.29, 0.717) is 34.5 Å². The number of aliphatic carboxylic acids is 1. The van der Waals surface area contributed by atoms with Gasteiger partial charge in [0.2, 0.25) is 0 Å². The molecule has 1 aliphatic rings. The standard InChI is InChI=1S/C24H25NO4S2/c1-17-10-12-18(13-11-17)16-29-20-8-5-4-7-19(20)15-21-23(28)25(24(30)31-21)14-6-2-3-9-22(26)27/h4-5,7-8,10-13,15H,2-3,6,9,14,16H2,1H3,(H,26,27). The van der Waals surface area contributed by atoms with Crippen molar-refractivity contribution in [3.8, 4) is 5.75 Å². The van der Waals surface area contributed by atoms with Crippen LogP contribution in [0.15, 0.2) is 53.4 Å². The lowest BCUT2D eigenvalue weighted by Crippen LogP contribution is -2.29. The van der Waals surface area contributed by atoms with Crippen molar-refractivity contribution < 1.29 is 19.4 Å². The zero-order valence-electron chi connectivity index (χ0n) is 17.4. The van der Waals surface area contributed by atoms with Crippen molar-refractivity contribution in [3.05, 3.63) is 70.1 Å². The molecule has 3 rings (SSSR count). The van der Waals surface area contributed by atoms with Crippen LogP contribution in [-0.4, -0.2) is 32.7 Å². The van der Waals surface area contributed by atoms with Gasteiger partial charge >= 0.3 is 5.97 Å². The fraction of sp³-hybridized carbons (Fsp3) is 0.292. The summed E-state index contributed by atoms with van der Waals surface area (Å²) in [5, 5.41) is 8.71. The Hall–Kier alpha value is -2.64. The third kappa shape index (κ3) is 6.67. The average molecular weight is 456 g/mol. The lowest BCUT2D eigenvalue weighted by Gasteiger charge is -2.14. The van der Waals surface area contributed by atoms with Gasteiger partial charge in [0.1, 0.15) is 16.7 Å². The number of thiocarbonyl (C=S) groups is 1. The molecule has 0 atom stereocenters. The topological polar surface area (TPSA) is 66.8 Å². The van der Waals surface area contributed by atoms with Gasteiger partial charge in [-0.1, -0.05) is 78.4 Å². The number of carbonyl (C=O) groups is 2. The molecular formula is C24H25NO4S2. The quantitative estimate of drug-likeness (QED) is 0.293. The molecule has 1 fully saturated rings. The van der Waals surface area contributed by atoms with E-state index < -0.39 is 5.97 Å². The van der Waals surface area contributed by atoms with E-state index in [1.165, 1.54) is 17.3 Å². The molecule has 0 aliphatic carbocycles. The maximum absolute atomic E-state index is 12.8. The normalized spacial score (nSPS) is 15.0. The number of carboxylic acid groups (broad SMARTS) is 1. The Morgan fingerprint density at radius 3 is 2.61 bits per heavy atom. The third-order valence-corrected chi connectivity index (χ3v) is 6.24. The number of unbranched alkanes of at least 4 members (excludes halogenated alkanes) is 2. The highest BCUT2D eigenvalue weighted by Gasteiger charge is 2.31. The molecule has 0 unspecified atom stereocenters. The molecule has 1 amide bonds. The van der Waals surface area contributed by atoms with Crippen LogP contribution in [0.3, 0.4) is 0 Å². The summed E-state index contributed by atoms with van der Waals surface area (Å²) in [7, 11) is 0. The molecule has 2 aromatic carbocycles. The van der Waals surface area contributed by atoms with Crippen LogP contribution in [-0.2, 0) is 16.2 Å². The number of carbonyl (C=O) groups excluding carboxylic acids is 1. The van der Waals surface area contributed by atoms with Gasteiger partial charge in [-0.05, 0) is 37.5 Å². The summed E-state index contributed by atoms with van der Waals surface area (Å²) in [6.45, 7) is 3.00. The monoisotopic (exact) mass is 455 g/mol. The summed E-state index contributed by atoms with van der Waals surface area (Å²) >= 11 is 6.68. The van der Waals surface area contributed by atoms with Crippen LogP contribution in [0, 0.1) is 6.92 Å². The predicted octanol–water partition coefficient (Wildman–Crippen LogP) is 5.42. The second-order valence-corrected chi connectivity index (χ2v) is 9.03. The molecule has 2 aromatic rings. The Morgan fingerprint density at radius 1 is 1.13 bits per heavy atom. The smallest absolute Gasteiger partial charge is 0.303 e. The lowest BCUT2D eigenvalue weighted by molar-refractivity contribution is -0.137. The highest BCUT2D eigenvalue weighted by molar-refractivity contribution is 8.26. The van der Waals surface area contributed by atoms with Crippen LogP contribution in [0.2, 0.25) is 0 Å². The Balaban J connectivity index is 1.63. The van der Waals surface area contributed by atoms with Crippen LogP contribution in [0.25, 0.3) is 6.08 Å². The number of amides is 1. The van der Waals surface area contributed by atoms with Crippen molar-refractivity contribution in [2.45, 2.75) is 39.2 Å². The number of para-hydroxylation sites is 1. The Morgan fingerprint density at radius 2 is 1.87 bits per heavy atom. The van der Waals surface area contributed by atoms with Crippen LogP contribution in [0.1, 0.15) is 42.4 Å². The van der Waals surface area contributed by atoms with Crippen LogP contribution < -0.4 is 4.74 Å². The zero-order chi connectivity index (χ0) is 22.2. The van der Waals surface area contributed by atoms with Gasteiger partial charge in [-0.2, -0.15) is 0 Å². The Bertz CT molecular complexity index is 985. The highest BCUT2D eigenvalue weighted by atomic mass is 32.2. The summed E-state index contributed by atoms with van der Waals surface area (Å²) in [4.78, 5) is 25.6. The second kappa shape index (κ2) is 11.1. The zero-order valence-corrected chi connectivity index (χ0v) is 19.0. The van der Waals surface area contributed by atoms with Gasteiger partial charge in [0.15, 0.2) is 0 Å². The maximum Gasteiger partial charge on any atom is 0.303 e. The first-order valence-corrected chi connectivity index (χ1v) is 11.4. The van der Waals surface area contributed by atoms with E-state index in [-0.39, 0.29) is 12.3 Å². The highest BCUT2D eigenvalue weighted by Crippen LogP contribution is 2.34. The number of carboxylic acids is 1. The molecule has 1 N–H and O–H groups in total. The first-order valence-electron chi connectivity index (χ1n) is 10.2. The third-order valence-electron chi connectivity index (χ3n) is 4.87. The number of hydrogen-bond acceptors (Lipinski definition) is 5. The first kappa shape index (κ1) is 23.0. The summed E-state index contributed by atoms with van der Waals surface area (Å²) in [6.07, 6.45) is 4.05. The number of aryl methyl sites for hydroxylation is 1. The van der Waals surface area contributed by atoms with Crippen molar-refractivity contribution in [1.82, 2.24) is 4.90 Å². The van der Waals surface area contributed by atoms with E-state index in [1.54, 1.807) is 4.90 Å². The number of rotatable bonds is 10. The van der Waals surface area contributed by atoms with Gasteiger partial charge in [0, 0.05) is 18.5 Å². The minimum atomic E-state index is -0.795. The molecule has 1 aliphatic heterocycles. The summed E-state index contributed by atoms with van der Waals surface area (Å²) in [5.74, 6) is -0.194. The Labute approximate surface area is 192 Å². The molecule has 0 aromatic heterocycles. The van der Waals surface area contributed by atoms with E-state index in [0.717, 1.165) is 24.0 Å². The maximum atomic E-state index is 12.8. The summed E-state index contributed by atoms with van der Waals surface area (Å²) in [6, 6.07) is 15.8. The molecule has 1 saturated heterocycles. The van der Waals surface area contributed by atoms with Crippen LogP contribution in [0.4, 0.5) is 0 Å². The molecule has 0 bridgehead atoms. The molecule has 0 saturated carbocycles. The number of hydrogen-bond donors (Lipinski definition) is 1. The van der Waals surface area contributed by atoms with Crippen molar-refractivity contribution in [3.63, 3.8) is 0 Å². The van der Waals surface area contributed by atoms with Gasteiger partial charge in [0.05, 0.1) is 4.91 Å². The van der Waals surface area contributed by atoms with E-state index >= 15 is 0 Å². The van der Waals surface area contributed by atoms with Crippen LogP contribution >= 0.6 is 24.0 Å². The van der Waals surface area contributed by atoms with Crippen molar-refractivity contribution in [2.75, 3.05) is 6.54 Å². The fourth-order valence-corrected chi connectivity index (χ4v) is 4.43. The molecule has 7 heteroatoms. The average Bonchev–Trinajstić information content (AvgIpc) is 3.01. The van der Waals surface area contributed by atoms with Crippen molar-refractivity contribution >= 4 is 46.3 Å². The first-order chi connectivity index (χ1) is 14.9. The van der Waals surface area contributed by atoms with E-state index in [9.17, 15) is 9.59 Å². The SMILES string of the molecule is Cc1ccc(COc2ccccc2C=C2SC(=S)N(CCCCCC(=O)O)C2=O)cc1. The van der Waals surface area contributed by atoms with E-state index in [2.05, 4.69) is 12.1 Å². The molecule has 5 nitrogen and oxygen atoms in total. The number of nitrogens with zero attached hydrogens (tertiary/aromatic N) is 1. The van der Waals surface area contributed by atoms with Crippen LogP contribution in [0.5, 0.6) is 5.75 Å². The van der Waals surface area contributed by atoms with Gasteiger partial charge in [-0.15, -0.1) is 0 Å². The number of ether oxygens (including phenoxy) is 1. The second-order valence-electron chi connectivity index (χ2n) is 7.35. The number of benzene rings is 2. The van der Waals surface area contributed by atoms with E-state index in [1.807, 2.05) is 49.4 Å². The molecular weight excluding hydrogens is 430 g/mol. The molecule has 0 radical (unpaired) electrons. The molecule has 0 spiro atoms. The van der Waals surface area contributed by atoms with Gasteiger partial charge in [0.25, 0.3) is 5.91 Å². The minimum absolute atomic E-state index is 0.110. The largest absolute Gasteiger partial charge is 0.488 e. The minimum Gasteiger partial charge on any atom is -0.488 e. The Kier molecular flexibility index (Phi) is 8.26. The lowest BCUT2D eigenvalue weighted by atomic mass is 10.1. The number of thioether (sulfide) groups is 1. The van der Waals surface area contributed by atoms with Crippen molar-refractivity contribution in [1.29, 1.82) is 0 Å². The van der Waals surface area contributed by atoms with Gasteiger partial charge in [-0.25, -0.2) is 0 Å². The molecule has 162 valence electrons. The van der Waals surface area contributed by atoms with E-state index in [4.69, 9.17) is 22.1 Å². The summed E-state index contributed by atoms with van der Waals surface area (Å²) < 4.78 is 6.55. The van der Waals surface area contributed by atoms with Gasteiger partial charge in [-0.3, -0.25) is 14.5 Å². The molecule has 1 heterocycles.